The van der Waals surface area contributed by atoms with Crippen LogP contribution >= 0.6 is 0 Å². The molecule has 8 aromatic rings. The van der Waals surface area contributed by atoms with Crippen molar-refractivity contribution in [3.05, 3.63) is 161 Å². The van der Waals surface area contributed by atoms with E-state index >= 15 is 0 Å². The Kier molecular flexibility index (Phi) is 5.86. The van der Waals surface area contributed by atoms with E-state index in [0.29, 0.717) is 0 Å². The van der Waals surface area contributed by atoms with Crippen molar-refractivity contribution in [2.45, 2.75) is 52.4 Å². The van der Waals surface area contributed by atoms with E-state index in [-0.39, 0.29) is 10.8 Å². The molecule has 2 heteroatoms. The van der Waals surface area contributed by atoms with Crippen LogP contribution in [0.1, 0.15) is 61.1 Å². The molecule has 0 atom stereocenters. The molecule has 0 fully saturated rings. The first-order valence-electron chi connectivity index (χ1n) is 17.8. The molecule has 0 spiro atoms. The SMILES string of the molecule is Cc1ccc(C)c(N(c2cc3c(c4ccccc24)-c2cc4c(cc2C3(C)C)-c2ccccc2C4(C)C)c2cccc3c2oc2ccccc23)c1. The van der Waals surface area contributed by atoms with Crippen molar-refractivity contribution in [2.75, 3.05) is 4.90 Å². The lowest BCUT2D eigenvalue weighted by atomic mass is 9.79. The second kappa shape index (κ2) is 9.98. The average Bonchev–Trinajstić information content (AvgIpc) is 3.69. The number of anilines is 3. The lowest BCUT2D eigenvalue weighted by Gasteiger charge is -2.31. The number of hydrogen-bond acceptors (Lipinski definition) is 2. The van der Waals surface area contributed by atoms with Crippen molar-refractivity contribution in [2.24, 2.45) is 0 Å². The third-order valence-corrected chi connectivity index (χ3v) is 11.8. The molecule has 0 unspecified atom stereocenters. The highest BCUT2D eigenvalue weighted by Crippen LogP contribution is 2.59. The lowest BCUT2D eigenvalue weighted by Crippen LogP contribution is -2.18. The summed E-state index contributed by atoms with van der Waals surface area (Å²) in [6.07, 6.45) is 0. The number of rotatable bonds is 3. The quantitative estimate of drug-likeness (QED) is 0.190. The van der Waals surface area contributed by atoms with E-state index in [0.717, 1.165) is 33.3 Å². The van der Waals surface area contributed by atoms with E-state index < -0.39 is 0 Å². The first-order chi connectivity index (χ1) is 24.1. The van der Waals surface area contributed by atoms with Crippen LogP contribution in [0.15, 0.2) is 132 Å². The third kappa shape index (κ3) is 3.79. The van der Waals surface area contributed by atoms with Gasteiger partial charge in [0.15, 0.2) is 5.58 Å². The van der Waals surface area contributed by atoms with Crippen LogP contribution in [0.25, 0.3) is 55.0 Å². The van der Waals surface area contributed by atoms with Crippen molar-refractivity contribution in [3.8, 4) is 22.3 Å². The van der Waals surface area contributed by atoms with Crippen LogP contribution in [0.4, 0.5) is 17.1 Å². The lowest BCUT2D eigenvalue weighted by molar-refractivity contribution is 0.652. The summed E-state index contributed by atoms with van der Waals surface area (Å²) in [4.78, 5) is 2.47. The molecule has 0 amide bonds. The average molecular weight is 646 g/mol. The van der Waals surface area contributed by atoms with Crippen molar-refractivity contribution >= 4 is 49.8 Å². The first-order valence-corrected chi connectivity index (χ1v) is 17.8. The number of fused-ring (bicyclic) bond motifs is 11. The van der Waals surface area contributed by atoms with Crippen LogP contribution in [-0.4, -0.2) is 0 Å². The van der Waals surface area contributed by atoms with Gasteiger partial charge < -0.3 is 9.32 Å². The van der Waals surface area contributed by atoms with E-state index in [9.17, 15) is 0 Å². The largest absolute Gasteiger partial charge is 0.454 e. The maximum atomic E-state index is 6.73. The van der Waals surface area contributed by atoms with Crippen LogP contribution in [0.3, 0.4) is 0 Å². The second-order valence-corrected chi connectivity index (χ2v) is 15.5. The predicted octanol–water partition coefficient (Wildman–Crippen LogP) is 13.4. The molecule has 1 heterocycles. The molecular weight excluding hydrogens is 607 g/mol. The maximum absolute atomic E-state index is 6.73. The Morgan fingerprint density at radius 1 is 0.460 bits per heavy atom. The number of nitrogens with zero attached hydrogens (tertiary/aromatic N) is 1. The van der Waals surface area contributed by atoms with Crippen LogP contribution in [0, 0.1) is 13.8 Å². The molecule has 0 N–H and O–H groups in total. The van der Waals surface area contributed by atoms with Crippen LogP contribution in [0.2, 0.25) is 0 Å². The maximum Gasteiger partial charge on any atom is 0.159 e. The fourth-order valence-corrected chi connectivity index (χ4v) is 9.20. The molecule has 0 saturated heterocycles. The van der Waals surface area contributed by atoms with Gasteiger partial charge in [0.05, 0.1) is 11.4 Å². The first kappa shape index (κ1) is 29.3. The summed E-state index contributed by atoms with van der Waals surface area (Å²) >= 11 is 0. The van der Waals surface area contributed by atoms with E-state index in [1.807, 2.05) is 0 Å². The highest BCUT2D eigenvalue weighted by atomic mass is 16.3. The molecule has 0 saturated carbocycles. The summed E-state index contributed by atoms with van der Waals surface area (Å²) in [6, 6.07) is 47.3. The van der Waals surface area contributed by atoms with Crippen LogP contribution in [-0.2, 0) is 10.8 Å². The monoisotopic (exact) mass is 645 g/mol. The van der Waals surface area contributed by atoms with E-state index in [4.69, 9.17) is 4.42 Å². The molecule has 0 bridgehead atoms. The molecule has 1 aromatic heterocycles. The van der Waals surface area contributed by atoms with Gasteiger partial charge in [0.2, 0.25) is 0 Å². The molecule has 2 aliphatic rings. The molecule has 0 radical (unpaired) electrons. The van der Waals surface area contributed by atoms with Gasteiger partial charge in [-0.2, -0.15) is 0 Å². The van der Waals surface area contributed by atoms with E-state index in [2.05, 4.69) is 174 Å². The van der Waals surface area contributed by atoms with Gasteiger partial charge >= 0.3 is 0 Å². The Morgan fingerprint density at radius 3 is 1.96 bits per heavy atom. The number of hydrogen-bond donors (Lipinski definition) is 0. The minimum atomic E-state index is -0.209. The number of benzene rings is 7. The zero-order valence-electron chi connectivity index (χ0n) is 29.5. The van der Waals surface area contributed by atoms with Crippen molar-refractivity contribution in [3.63, 3.8) is 0 Å². The minimum absolute atomic E-state index is 0.0612. The van der Waals surface area contributed by atoms with E-state index in [1.54, 1.807) is 0 Å². The van der Waals surface area contributed by atoms with Crippen molar-refractivity contribution < 1.29 is 4.42 Å². The van der Waals surface area contributed by atoms with Gasteiger partial charge in [0.25, 0.3) is 0 Å². The van der Waals surface area contributed by atoms with Gasteiger partial charge in [-0.05, 0) is 111 Å². The van der Waals surface area contributed by atoms with Crippen molar-refractivity contribution in [1.82, 2.24) is 0 Å². The fraction of sp³-hybridized carbons (Fsp3) is 0.167. The second-order valence-electron chi connectivity index (χ2n) is 15.5. The van der Waals surface area contributed by atoms with Gasteiger partial charge in [-0.3, -0.25) is 0 Å². The summed E-state index contributed by atoms with van der Waals surface area (Å²) in [6.45, 7) is 14.0. The van der Waals surface area contributed by atoms with Gasteiger partial charge in [-0.25, -0.2) is 0 Å². The Hall–Kier alpha value is -5.60. The molecule has 2 nitrogen and oxygen atoms in total. The number of furan rings is 1. The molecule has 242 valence electrons. The van der Waals surface area contributed by atoms with Crippen molar-refractivity contribution in [1.29, 1.82) is 0 Å². The van der Waals surface area contributed by atoms with Gasteiger partial charge in [0, 0.05) is 32.7 Å². The molecule has 10 rings (SSSR count). The predicted molar refractivity (Wildman–Crippen MR) is 211 cm³/mol. The number of aryl methyl sites for hydroxylation is 2. The van der Waals surface area contributed by atoms with Gasteiger partial charge in [-0.1, -0.05) is 119 Å². The summed E-state index contributed by atoms with van der Waals surface area (Å²) in [5, 5.41) is 4.78. The molecule has 7 aromatic carbocycles. The Balaban J connectivity index is 1.29. The Morgan fingerprint density at radius 2 is 1.12 bits per heavy atom. The highest BCUT2D eigenvalue weighted by molar-refractivity contribution is 6.14. The fourth-order valence-electron chi connectivity index (χ4n) is 9.20. The van der Waals surface area contributed by atoms with Crippen LogP contribution < -0.4 is 4.90 Å². The third-order valence-electron chi connectivity index (χ3n) is 11.8. The number of para-hydroxylation sites is 2. The summed E-state index contributed by atoms with van der Waals surface area (Å²) in [5.41, 5.74) is 18.4. The van der Waals surface area contributed by atoms with Gasteiger partial charge in [0.1, 0.15) is 5.58 Å². The normalized spacial score (nSPS) is 14.9. The molecule has 2 aliphatic carbocycles. The minimum Gasteiger partial charge on any atom is -0.454 e. The summed E-state index contributed by atoms with van der Waals surface area (Å²) in [5.74, 6) is 0. The topological polar surface area (TPSA) is 16.4 Å². The van der Waals surface area contributed by atoms with E-state index in [1.165, 1.54) is 72.1 Å². The molecular formula is C48H39NO. The van der Waals surface area contributed by atoms with Crippen LogP contribution in [0.5, 0.6) is 0 Å². The standard InChI is InChI=1S/C48H39NO/c1-28-22-23-29(2)42(24-28)49(41-20-13-18-34-32-16-10-12-21-44(32)50-46(34)41)43-27-40-45(33-17-8-7-15-31(33)43)36-26-38-35(25-39(36)48(40,5)6)30-14-9-11-19-37(30)47(38,3)4/h7-27H,1-6H3. The Labute approximate surface area is 293 Å². The zero-order valence-corrected chi connectivity index (χ0v) is 29.5. The molecule has 50 heavy (non-hydrogen) atoms. The zero-order chi connectivity index (χ0) is 34.1. The highest BCUT2D eigenvalue weighted by Gasteiger charge is 2.43. The van der Waals surface area contributed by atoms with Gasteiger partial charge in [-0.15, -0.1) is 0 Å². The Bertz CT molecular complexity index is 2740. The summed E-state index contributed by atoms with van der Waals surface area (Å²) < 4.78 is 6.73. The summed E-state index contributed by atoms with van der Waals surface area (Å²) in [7, 11) is 0. The molecule has 0 aliphatic heterocycles. The smallest absolute Gasteiger partial charge is 0.159 e.